The van der Waals surface area contributed by atoms with Gasteiger partial charge in [0.25, 0.3) is 0 Å². The minimum Gasteiger partial charge on any atom is -0.497 e. The molecule has 1 saturated heterocycles. The first-order chi connectivity index (χ1) is 20.5. The van der Waals surface area contributed by atoms with Gasteiger partial charge in [-0.25, -0.2) is 9.78 Å². The molecule has 3 aromatic rings. The van der Waals surface area contributed by atoms with E-state index < -0.39 is 35.3 Å². The van der Waals surface area contributed by atoms with Crippen molar-refractivity contribution < 1.29 is 28.6 Å². The molecule has 4 atom stereocenters. The van der Waals surface area contributed by atoms with Crippen molar-refractivity contribution in [3.63, 3.8) is 0 Å². The molecule has 2 fully saturated rings. The average molecular weight is 587 g/mol. The molecule has 1 aliphatic heterocycles. The third-order valence-corrected chi connectivity index (χ3v) is 7.81. The van der Waals surface area contributed by atoms with Crippen LogP contribution < -0.4 is 20.1 Å². The summed E-state index contributed by atoms with van der Waals surface area (Å²) >= 11 is 0. The first kappa shape index (κ1) is 29.9. The van der Waals surface area contributed by atoms with Crippen LogP contribution in [0.25, 0.3) is 22.2 Å². The van der Waals surface area contributed by atoms with Crippen LogP contribution >= 0.6 is 0 Å². The third-order valence-electron chi connectivity index (χ3n) is 7.81. The van der Waals surface area contributed by atoms with Crippen molar-refractivity contribution in [2.45, 2.75) is 56.9 Å². The second-order valence-electron chi connectivity index (χ2n) is 12.0. The lowest BCUT2D eigenvalue weighted by atomic mass is 10.1. The molecular formula is C33H38N4O6. The van der Waals surface area contributed by atoms with Crippen LogP contribution in [-0.2, 0) is 14.3 Å². The quantitative estimate of drug-likeness (QED) is 0.374. The Labute approximate surface area is 251 Å². The molecule has 2 aliphatic rings. The number of benzene rings is 2. The van der Waals surface area contributed by atoms with Crippen LogP contribution in [0.5, 0.6) is 11.5 Å². The predicted molar refractivity (Wildman–Crippen MR) is 163 cm³/mol. The second-order valence-corrected chi connectivity index (χ2v) is 12.0. The Kier molecular flexibility index (Phi) is 8.05. The highest BCUT2D eigenvalue weighted by Gasteiger charge is 2.60. The maximum absolute atomic E-state index is 13.7. The summed E-state index contributed by atoms with van der Waals surface area (Å²) in [6, 6.07) is 16.3. The van der Waals surface area contributed by atoms with E-state index in [0.717, 1.165) is 10.9 Å². The monoisotopic (exact) mass is 586 g/mol. The van der Waals surface area contributed by atoms with Gasteiger partial charge in [-0.15, -0.1) is 6.58 Å². The third kappa shape index (κ3) is 6.14. The molecule has 3 amide bonds. The summed E-state index contributed by atoms with van der Waals surface area (Å²) in [5.74, 6) is 0.286. The molecule has 43 heavy (non-hydrogen) atoms. The number of nitrogens with zero attached hydrogens (tertiary/aromatic N) is 2. The van der Waals surface area contributed by atoms with Gasteiger partial charge in [0, 0.05) is 42.5 Å². The highest BCUT2D eigenvalue weighted by molar-refractivity contribution is 5.97. The number of aromatic nitrogens is 1. The molecule has 1 aliphatic carbocycles. The summed E-state index contributed by atoms with van der Waals surface area (Å²) in [7, 11) is 3.13. The number of likely N-dealkylation sites (N-methyl/N-ethyl adjacent to an activating group) is 1. The lowest BCUT2D eigenvalue weighted by Crippen LogP contribution is -2.55. The molecule has 0 bridgehead atoms. The van der Waals surface area contributed by atoms with E-state index >= 15 is 0 Å². The maximum Gasteiger partial charge on any atom is 0.411 e. The fourth-order valence-corrected chi connectivity index (χ4v) is 5.55. The van der Waals surface area contributed by atoms with E-state index in [1.807, 2.05) is 54.6 Å². The summed E-state index contributed by atoms with van der Waals surface area (Å²) in [4.78, 5) is 46.0. The minimum atomic E-state index is -1.09. The van der Waals surface area contributed by atoms with Crippen LogP contribution in [0.3, 0.4) is 0 Å². The van der Waals surface area contributed by atoms with Crippen molar-refractivity contribution in [1.82, 2.24) is 20.5 Å². The molecule has 10 nitrogen and oxygen atoms in total. The molecule has 5 rings (SSSR count). The summed E-state index contributed by atoms with van der Waals surface area (Å²) in [6.07, 6.45) is 1.14. The van der Waals surface area contributed by atoms with Crippen molar-refractivity contribution in [3.8, 4) is 22.8 Å². The average Bonchev–Trinajstić information content (AvgIpc) is 3.54. The zero-order valence-corrected chi connectivity index (χ0v) is 25.2. The largest absolute Gasteiger partial charge is 0.497 e. The smallest absolute Gasteiger partial charge is 0.411 e. The molecule has 1 saturated carbocycles. The van der Waals surface area contributed by atoms with Gasteiger partial charge in [0.2, 0.25) is 11.8 Å². The molecule has 2 N–H and O–H groups in total. The van der Waals surface area contributed by atoms with E-state index in [1.54, 1.807) is 34.0 Å². The lowest BCUT2D eigenvalue weighted by molar-refractivity contribution is -0.132. The Balaban J connectivity index is 1.46. The van der Waals surface area contributed by atoms with Crippen molar-refractivity contribution in [1.29, 1.82) is 0 Å². The van der Waals surface area contributed by atoms with Crippen LogP contribution in [-0.4, -0.2) is 71.8 Å². The number of carbonyl (C=O) groups is 3. The predicted octanol–water partition coefficient (Wildman–Crippen LogP) is 4.47. The second kappa shape index (κ2) is 11.6. The summed E-state index contributed by atoms with van der Waals surface area (Å²) in [6.45, 7) is 9.22. The number of likely N-dealkylation sites (tertiary alicyclic amines) is 1. The van der Waals surface area contributed by atoms with E-state index in [4.69, 9.17) is 19.2 Å². The van der Waals surface area contributed by atoms with Gasteiger partial charge in [-0.3, -0.25) is 14.5 Å². The topological polar surface area (TPSA) is 119 Å². The van der Waals surface area contributed by atoms with Crippen LogP contribution in [0.1, 0.15) is 33.6 Å². The number of carbonyl (C=O) groups excluding carboxylic acids is 3. The van der Waals surface area contributed by atoms with Crippen LogP contribution in [0.4, 0.5) is 4.79 Å². The van der Waals surface area contributed by atoms with Gasteiger partial charge in [0.1, 0.15) is 34.8 Å². The van der Waals surface area contributed by atoms with Crippen LogP contribution in [0.2, 0.25) is 0 Å². The fraction of sp³-hybridized carbons (Fsp3) is 0.394. The minimum absolute atomic E-state index is 0.117. The molecule has 10 heteroatoms. The first-order valence-corrected chi connectivity index (χ1v) is 14.3. The fourth-order valence-electron chi connectivity index (χ4n) is 5.55. The number of hydrogen-bond donors (Lipinski definition) is 2. The van der Waals surface area contributed by atoms with Crippen LogP contribution in [0, 0.1) is 5.92 Å². The molecule has 2 aromatic carbocycles. The highest BCUT2D eigenvalue weighted by Crippen LogP contribution is 2.45. The SMILES string of the molecule is C=C[C@@H]1C[C@]1(NC(=O)[C@@H]1C[C@@H](Oc2cc(-c3ccccc3)nc3cc(OC)ccc23)CN1C(=O)OC(C)(C)C)C(=O)NC. The number of nitrogens with one attached hydrogen (secondary N) is 2. The van der Waals surface area contributed by atoms with Gasteiger partial charge < -0.3 is 24.8 Å². The van der Waals surface area contributed by atoms with Crippen molar-refractivity contribution >= 4 is 28.8 Å². The molecule has 2 heterocycles. The summed E-state index contributed by atoms with van der Waals surface area (Å²) < 4.78 is 17.7. The molecule has 0 radical (unpaired) electrons. The number of fused-ring (bicyclic) bond motifs is 1. The molecule has 0 unspecified atom stereocenters. The number of ether oxygens (including phenoxy) is 3. The van der Waals surface area contributed by atoms with Gasteiger partial charge in [0.15, 0.2) is 0 Å². The lowest BCUT2D eigenvalue weighted by Gasteiger charge is -2.29. The standard InChI is InChI=1S/C33H38N4O6/c1-7-21-18-33(21,30(39)34-5)36-29(38)27-16-23(19-37(27)31(40)43-32(2,3)4)42-28-17-25(20-11-9-8-10-12-20)35-26-15-22(41-6)13-14-24(26)28/h7-15,17,21,23,27H,1,16,18-19H2,2-6H3,(H,34,39)(H,36,38)/t21-,23-,27+,33-/m1/s1. The van der Waals surface area contributed by atoms with E-state index in [2.05, 4.69) is 17.2 Å². The Hall–Kier alpha value is -4.60. The number of rotatable bonds is 8. The Morgan fingerprint density at radius 3 is 2.49 bits per heavy atom. The van der Waals surface area contributed by atoms with E-state index in [9.17, 15) is 14.4 Å². The number of methoxy groups -OCH3 is 1. The number of pyridine rings is 1. The van der Waals surface area contributed by atoms with E-state index in [-0.39, 0.29) is 24.8 Å². The zero-order chi connectivity index (χ0) is 30.9. The van der Waals surface area contributed by atoms with Gasteiger partial charge in [0.05, 0.1) is 24.9 Å². The van der Waals surface area contributed by atoms with E-state index in [1.165, 1.54) is 11.9 Å². The molecule has 1 aromatic heterocycles. The number of amides is 3. The van der Waals surface area contributed by atoms with Gasteiger partial charge in [-0.1, -0.05) is 36.4 Å². The van der Waals surface area contributed by atoms with Crippen molar-refractivity contribution in [2.75, 3.05) is 20.7 Å². The maximum atomic E-state index is 13.7. The van der Waals surface area contributed by atoms with Crippen molar-refractivity contribution in [2.24, 2.45) is 5.92 Å². The van der Waals surface area contributed by atoms with Gasteiger partial charge >= 0.3 is 6.09 Å². The number of hydrogen-bond acceptors (Lipinski definition) is 7. The Morgan fingerprint density at radius 1 is 1.12 bits per heavy atom. The summed E-state index contributed by atoms with van der Waals surface area (Å²) in [5.41, 5.74) is 0.456. The summed E-state index contributed by atoms with van der Waals surface area (Å²) in [5, 5.41) is 6.31. The molecular weight excluding hydrogens is 548 g/mol. The van der Waals surface area contributed by atoms with Crippen LogP contribution in [0.15, 0.2) is 67.3 Å². The highest BCUT2D eigenvalue weighted by atomic mass is 16.6. The Morgan fingerprint density at radius 2 is 1.86 bits per heavy atom. The van der Waals surface area contributed by atoms with Gasteiger partial charge in [-0.2, -0.15) is 0 Å². The van der Waals surface area contributed by atoms with Gasteiger partial charge in [-0.05, 0) is 39.3 Å². The van der Waals surface area contributed by atoms with Crippen molar-refractivity contribution in [3.05, 3.63) is 67.3 Å². The zero-order valence-electron chi connectivity index (χ0n) is 25.2. The first-order valence-electron chi connectivity index (χ1n) is 14.3. The molecule has 0 spiro atoms. The molecule has 226 valence electrons. The van der Waals surface area contributed by atoms with E-state index in [0.29, 0.717) is 29.1 Å². The normalized spacial score (nSPS) is 22.9. The Bertz CT molecular complexity index is 1550.